The molecule has 0 radical (unpaired) electrons. The molecule has 1 N–H and O–H groups in total. The topological polar surface area (TPSA) is 74.7 Å². The number of hydrogen-bond acceptors (Lipinski definition) is 3. The summed E-state index contributed by atoms with van der Waals surface area (Å²) in [4.78, 5) is 36.1. The van der Waals surface area contributed by atoms with Crippen LogP contribution in [0.1, 0.15) is 40.0 Å². The van der Waals surface area contributed by atoms with E-state index in [9.17, 15) is 14.4 Å². The van der Waals surface area contributed by atoms with Crippen molar-refractivity contribution in [3.63, 3.8) is 0 Å². The van der Waals surface area contributed by atoms with E-state index in [0.29, 0.717) is 12.8 Å². The summed E-state index contributed by atoms with van der Waals surface area (Å²) in [6.07, 6.45) is 1.02. The molecule has 0 spiro atoms. The van der Waals surface area contributed by atoms with E-state index in [1.807, 2.05) is 20.8 Å². The Morgan fingerprint density at radius 1 is 1.33 bits per heavy atom. The molecule has 1 saturated heterocycles. The molecule has 1 saturated carbocycles. The number of hydrogen-bond donors (Lipinski definition) is 1. The van der Waals surface area contributed by atoms with E-state index >= 15 is 0 Å². The molecule has 2 rings (SSSR count). The van der Waals surface area contributed by atoms with Gasteiger partial charge in [-0.05, 0) is 18.3 Å². The Balaban J connectivity index is 2.16. The molecule has 1 aliphatic heterocycles. The molecule has 2 amide bonds. The van der Waals surface area contributed by atoms with Gasteiger partial charge in [-0.3, -0.25) is 19.3 Å². The Morgan fingerprint density at radius 3 is 2.22 bits per heavy atom. The number of nitrogens with zero attached hydrogens (tertiary/aromatic N) is 1. The molecule has 0 aromatic heterocycles. The highest BCUT2D eigenvalue weighted by molar-refractivity contribution is 6.09. The number of aliphatic carboxylic acids is 1. The molecular formula is C13H19NO4. The SMILES string of the molecule is CC(C)(C)CC(CC(=O)O)N1C(=O)C2CC2C1=O. The van der Waals surface area contributed by atoms with E-state index in [2.05, 4.69) is 0 Å². The summed E-state index contributed by atoms with van der Waals surface area (Å²) in [5.74, 6) is -1.62. The van der Waals surface area contributed by atoms with E-state index < -0.39 is 12.0 Å². The third-order valence-electron chi connectivity index (χ3n) is 3.52. The van der Waals surface area contributed by atoms with E-state index in [4.69, 9.17) is 5.11 Å². The van der Waals surface area contributed by atoms with Gasteiger partial charge >= 0.3 is 5.97 Å². The highest BCUT2D eigenvalue weighted by Crippen LogP contribution is 2.48. The molecule has 1 aliphatic carbocycles. The van der Waals surface area contributed by atoms with Gasteiger partial charge in [0.05, 0.1) is 24.3 Å². The van der Waals surface area contributed by atoms with Gasteiger partial charge in [0.15, 0.2) is 0 Å². The number of carboxylic acids is 1. The number of fused-ring (bicyclic) bond motifs is 1. The van der Waals surface area contributed by atoms with Crippen LogP contribution in [0.4, 0.5) is 0 Å². The fourth-order valence-corrected chi connectivity index (χ4v) is 2.73. The molecule has 0 aromatic carbocycles. The van der Waals surface area contributed by atoms with Crippen LogP contribution < -0.4 is 0 Å². The van der Waals surface area contributed by atoms with Crippen molar-refractivity contribution in [3.05, 3.63) is 0 Å². The van der Waals surface area contributed by atoms with E-state index in [1.54, 1.807) is 0 Å². The van der Waals surface area contributed by atoms with Crippen molar-refractivity contribution in [3.8, 4) is 0 Å². The van der Waals surface area contributed by atoms with Crippen LogP contribution >= 0.6 is 0 Å². The third-order valence-corrected chi connectivity index (χ3v) is 3.52. The Bertz CT molecular complexity index is 390. The fraction of sp³-hybridized carbons (Fsp3) is 0.769. The largest absolute Gasteiger partial charge is 0.481 e. The first-order chi connectivity index (χ1) is 8.20. The first-order valence-corrected chi connectivity index (χ1v) is 6.29. The van der Waals surface area contributed by atoms with Crippen molar-refractivity contribution >= 4 is 17.8 Å². The van der Waals surface area contributed by atoms with Gasteiger partial charge in [-0.2, -0.15) is 0 Å². The molecule has 18 heavy (non-hydrogen) atoms. The van der Waals surface area contributed by atoms with Gasteiger partial charge in [0, 0.05) is 0 Å². The number of carboxylic acid groups (broad SMARTS) is 1. The summed E-state index contributed by atoms with van der Waals surface area (Å²) in [6, 6.07) is -0.504. The van der Waals surface area contributed by atoms with Crippen molar-refractivity contribution < 1.29 is 19.5 Å². The van der Waals surface area contributed by atoms with Gasteiger partial charge in [0.1, 0.15) is 0 Å². The molecule has 0 aromatic rings. The van der Waals surface area contributed by atoms with Gasteiger partial charge in [0.25, 0.3) is 0 Å². The maximum Gasteiger partial charge on any atom is 0.305 e. The second kappa shape index (κ2) is 4.07. The number of likely N-dealkylation sites (tertiary alicyclic amines) is 1. The van der Waals surface area contributed by atoms with Crippen LogP contribution in [0.2, 0.25) is 0 Å². The zero-order chi connectivity index (χ0) is 13.7. The smallest absolute Gasteiger partial charge is 0.305 e. The van der Waals surface area contributed by atoms with Gasteiger partial charge in [-0.15, -0.1) is 0 Å². The summed E-state index contributed by atoms with van der Waals surface area (Å²) < 4.78 is 0. The van der Waals surface area contributed by atoms with E-state index in [0.717, 1.165) is 0 Å². The lowest BCUT2D eigenvalue weighted by atomic mass is 9.86. The summed E-state index contributed by atoms with van der Waals surface area (Å²) in [6.45, 7) is 5.94. The molecule has 0 bridgehead atoms. The predicted octanol–water partition coefficient (Wildman–Crippen LogP) is 1.27. The van der Waals surface area contributed by atoms with Gasteiger partial charge in [-0.25, -0.2) is 0 Å². The molecular weight excluding hydrogens is 234 g/mol. The average molecular weight is 253 g/mol. The van der Waals surface area contributed by atoms with Crippen LogP contribution in [0.3, 0.4) is 0 Å². The summed E-state index contributed by atoms with van der Waals surface area (Å²) in [7, 11) is 0. The quantitative estimate of drug-likeness (QED) is 0.766. The number of rotatable bonds is 4. The predicted molar refractivity (Wildman–Crippen MR) is 63.6 cm³/mol. The maximum absolute atomic E-state index is 12.0. The average Bonchev–Trinajstić information content (AvgIpc) is 2.87. The number of carbonyl (C=O) groups is 3. The van der Waals surface area contributed by atoms with Crippen LogP contribution in [0.25, 0.3) is 0 Å². The number of amides is 2. The van der Waals surface area contributed by atoms with Crippen LogP contribution in [-0.2, 0) is 14.4 Å². The molecule has 3 atom stereocenters. The zero-order valence-electron chi connectivity index (χ0n) is 11.0. The second-order valence-electron chi connectivity index (χ2n) is 6.51. The summed E-state index contributed by atoms with van der Waals surface area (Å²) in [5, 5.41) is 8.94. The van der Waals surface area contributed by atoms with Crippen LogP contribution in [0.15, 0.2) is 0 Å². The monoisotopic (exact) mass is 253 g/mol. The Hall–Kier alpha value is -1.39. The highest BCUT2D eigenvalue weighted by atomic mass is 16.4. The zero-order valence-corrected chi connectivity index (χ0v) is 11.0. The molecule has 3 unspecified atom stereocenters. The Labute approximate surface area is 106 Å². The minimum Gasteiger partial charge on any atom is -0.481 e. The normalized spacial score (nSPS) is 28.3. The van der Waals surface area contributed by atoms with Crippen molar-refractivity contribution in [2.45, 2.75) is 46.1 Å². The maximum atomic E-state index is 12.0. The summed E-state index contributed by atoms with van der Waals surface area (Å²) >= 11 is 0. The minimum absolute atomic E-state index is 0.118. The third kappa shape index (κ3) is 2.40. The summed E-state index contributed by atoms with van der Waals surface area (Å²) in [5.41, 5.74) is -0.118. The lowest BCUT2D eigenvalue weighted by molar-refractivity contribution is -0.147. The van der Waals surface area contributed by atoms with Crippen molar-refractivity contribution in [2.24, 2.45) is 17.3 Å². The second-order valence-corrected chi connectivity index (χ2v) is 6.51. The van der Waals surface area contributed by atoms with Gasteiger partial charge in [0.2, 0.25) is 11.8 Å². The lowest BCUT2D eigenvalue weighted by Gasteiger charge is -2.31. The van der Waals surface area contributed by atoms with Crippen molar-refractivity contribution in [1.82, 2.24) is 4.90 Å². The van der Waals surface area contributed by atoms with Crippen molar-refractivity contribution in [1.29, 1.82) is 0 Å². The molecule has 5 heteroatoms. The highest BCUT2D eigenvalue weighted by Gasteiger charge is 2.60. The Morgan fingerprint density at radius 2 is 1.83 bits per heavy atom. The van der Waals surface area contributed by atoms with Crippen molar-refractivity contribution in [2.75, 3.05) is 0 Å². The molecule has 1 heterocycles. The molecule has 2 aliphatic rings. The number of piperidine rings is 1. The standard InChI is InChI=1S/C13H19NO4/c1-13(2,3)6-7(4-10(15)16)14-11(17)8-5-9(8)12(14)18/h7-9H,4-6H2,1-3H3,(H,15,16). The van der Waals surface area contributed by atoms with Gasteiger partial charge in [-0.1, -0.05) is 20.8 Å². The van der Waals surface area contributed by atoms with Gasteiger partial charge < -0.3 is 5.11 Å². The van der Waals surface area contributed by atoms with E-state index in [1.165, 1.54) is 4.90 Å². The van der Waals surface area contributed by atoms with Crippen LogP contribution in [0.5, 0.6) is 0 Å². The molecule has 2 fully saturated rings. The van der Waals surface area contributed by atoms with E-state index in [-0.39, 0.29) is 35.5 Å². The molecule has 5 nitrogen and oxygen atoms in total. The first kappa shape index (κ1) is 13.1. The number of imide groups is 1. The number of carbonyl (C=O) groups excluding carboxylic acids is 2. The van der Waals surface area contributed by atoms with Crippen LogP contribution in [-0.4, -0.2) is 33.8 Å². The molecule has 100 valence electrons. The first-order valence-electron chi connectivity index (χ1n) is 6.29. The van der Waals surface area contributed by atoms with Crippen LogP contribution in [0, 0.1) is 17.3 Å². The fourth-order valence-electron chi connectivity index (χ4n) is 2.73. The lowest BCUT2D eigenvalue weighted by Crippen LogP contribution is -2.44. The minimum atomic E-state index is -0.967. The Kier molecular flexibility index (Phi) is 2.95.